The summed E-state index contributed by atoms with van der Waals surface area (Å²) in [6, 6.07) is 7.61. The van der Waals surface area contributed by atoms with Crippen LogP contribution in [0.1, 0.15) is 36.2 Å². The van der Waals surface area contributed by atoms with Crippen LogP contribution in [0.3, 0.4) is 0 Å². The Morgan fingerprint density at radius 1 is 1.37 bits per heavy atom. The fraction of sp³-hybridized carbons (Fsp3) is 0.429. The van der Waals surface area contributed by atoms with Gasteiger partial charge in [-0.3, -0.25) is 9.89 Å². The van der Waals surface area contributed by atoms with E-state index in [1.165, 1.54) is 0 Å². The van der Waals surface area contributed by atoms with E-state index in [1.807, 2.05) is 24.3 Å². The number of nitrogens with one attached hydrogen (secondary N) is 2. The number of aromatic nitrogens is 2. The highest BCUT2D eigenvalue weighted by Crippen LogP contribution is 2.20. The van der Waals surface area contributed by atoms with Crippen molar-refractivity contribution in [1.29, 1.82) is 0 Å². The minimum absolute atomic E-state index is 0.0479. The van der Waals surface area contributed by atoms with Crippen molar-refractivity contribution in [2.75, 3.05) is 0 Å². The van der Waals surface area contributed by atoms with Crippen molar-refractivity contribution in [3.8, 4) is 0 Å². The van der Waals surface area contributed by atoms with Crippen molar-refractivity contribution in [2.45, 2.75) is 37.8 Å². The summed E-state index contributed by atoms with van der Waals surface area (Å²) in [6.45, 7) is 0. The van der Waals surface area contributed by atoms with Crippen LogP contribution in [0, 0.1) is 0 Å². The number of carbonyl (C=O) groups excluding carboxylic acids is 1. The fourth-order valence-corrected chi connectivity index (χ4v) is 2.69. The van der Waals surface area contributed by atoms with Gasteiger partial charge in [0.25, 0.3) is 5.91 Å². The molecule has 5 nitrogen and oxygen atoms in total. The summed E-state index contributed by atoms with van der Waals surface area (Å²) in [7, 11) is 0. The average Bonchev–Trinajstić information content (AvgIpc) is 2.82. The third-order valence-electron chi connectivity index (χ3n) is 3.67. The smallest absolute Gasteiger partial charge is 0.272 e. The Balaban J connectivity index is 1.76. The van der Waals surface area contributed by atoms with Gasteiger partial charge in [0, 0.05) is 11.4 Å². The van der Waals surface area contributed by atoms with Crippen molar-refractivity contribution in [3.63, 3.8) is 0 Å². The van der Waals surface area contributed by atoms with Gasteiger partial charge in [0.05, 0.1) is 11.6 Å². The molecule has 0 spiro atoms. The number of aliphatic hydroxyl groups excluding tert-OH is 1. The number of para-hydroxylation sites is 1. The summed E-state index contributed by atoms with van der Waals surface area (Å²) < 4.78 is 0. The molecule has 2 aromatic rings. The first-order chi connectivity index (χ1) is 9.24. The molecule has 5 heteroatoms. The molecule has 0 aliphatic heterocycles. The maximum Gasteiger partial charge on any atom is 0.272 e. The average molecular weight is 259 g/mol. The topological polar surface area (TPSA) is 78.0 Å². The number of hydrogen-bond acceptors (Lipinski definition) is 3. The van der Waals surface area contributed by atoms with E-state index in [4.69, 9.17) is 0 Å². The van der Waals surface area contributed by atoms with Crippen molar-refractivity contribution in [3.05, 3.63) is 30.0 Å². The summed E-state index contributed by atoms with van der Waals surface area (Å²) in [5.41, 5.74) is 1.28. The molecule has 1 aromatic heterocycles. The van der Waals surface area contributed by atoms with Crippen LogP contribution in [0.5, 0.6) is 0 Å². The molecule has 1 aliphatic rings. The van der Waals surface area contributed by atoms with E-state index in [0.717, 1.165) is 30.2 Å². The SMILES string of the molecule is O=C(NC1CCCC(O)C1)c1n[nH]c2ccccc12. The Morgan fingerprint density at radius 2 is 2.21 bits per heavy atom. The molecule has 1 aromatic carbocycles. The summed E-state index contributed by atoms with van der Waals surface area (Å²) in [5, 5.41) is 20.3. The first-order valence-electron chi connectivity index (χ1n) is 6.66. The van der Waals surface area contributed by atoms with Crippen LogP contribution >= 0.6 is 0 Å². The Kier molecular flexibility index (Phi) is 3.21. The van der Waals surface area contributed by atoms with Crippen molar-refractivity contribution >= 4 is 16.8 Å². The number of amides is 1. The highest BCUT2D eigenvalue weighted by Gasteiger charge is 2.23. The van der Waals surface area contributed by atoms with Crippen LogP contribution < -0.4 is 5.32 Å². The van der Waals surface area contributed by atoms with E-state index < -0.39 is 0 Å². The van der Waals surface area contributed by atoms with E-state index >= 15 is 0 Å². The fourth-order valence-electron chi connectivity index (χ4n) is 2.69. The Morgan fingerprint density at radius 3 is 3.05 bits per heavy atom. The van der Waals surface area contributed by atoms with Gasteiger partial charge in [-0.15, -0.1) is 0 Å². The van der Waals surface area contributed by atoms with Gasteiger partial charge in [-0.05, 0) is 31.7 Å². The Hall–Kier alpha value is -1.88. The molecule has 1 aliphatic carbocycles. The molecule has 19 heavy (non-hydrogen) atoms. The molecule has 1 saturated carbocycles. The Bertz CT molecular complexity index is 593. The number of hydrogen-bond donors (Lipinski definition) is 3. The molecule has 3 rings (SSSR count). The summed E-state index contributed by atoms with van der Waals surface area (Å²) in [6.07, 6.45) is 3.04. The number of carbonyl (C=O) groups is 1. The monoisotopic (exact) mass is 259 g/mol. The zero-order valence-corrected chi connectivity index (χ0v) is 10.6. The normalized spacial score (nSPS) is 23.4. The lowest BCUT2D eigenvalue weighted by Gasteiger charge is -2.26. The molecule has 1 heterocycles. The van der Waals surface area contributed by atoms with Gasteiger partial charge in [0.1, 0.15) is 0 Å². The molecule has 1 amide bonds. The molecule has 3 N–H and O–H groups in total. The molecule has 0 radical (unpaired) electrons. The lowest BCUT2D eigenvalue weighted by atomic mass is 9.93. The van der Waals surface area contributed by atoms with Crippen LogP contribution in [0.4, 0.5) is 0 Å². The van der Waals surface area contributed by atoms with E-state index in [-0.39, 0.29) is 18.1 Å². The first kappa shape index (κ1) is 12.2. The van der Waals surface area contributed by atoms with Crippen LogP contribution in [-0.2, 0) is 0 Å². The van der Waals surface area contributed by atoms with Gasteiger partial charge in [-0.25, -0.2) is 0 Å². The standard InChI is InChI=1S/C14H17N3O2/c18-10-5-3-4-9(8-10)15-14(19)13-11-6-1-2-7-12(11)16-17-13/h1-2,6-7,9-10,18H,3-5,8H2,(H,15,19)(H,16,17). The van der Waals surface area contributed by atoms with Crippen LogP contribution in [0.25, 0.3) is 10.9 Å². The molecule has 2 atom stereocenters. The van der Waals surface area contributed by atoms with Gasteiger partial charge < -0.3 is 10.4 Å². The molecular weight excluding hydrogens is 242 g/mol. The lowest BCUT2D eigenvalue weighted by Crippen LogP contribution is -2.39. The third kappa shape index (κ3) is 2.46. The quantitative estimate of drug-likeness (QED) is 0.766. The zero-order chi connectivity index (χ0) is 13.2. The molecule has 2 unspecified atom stereocenters. The molecule has 100 valence electrons. The van der Waals surface area contributed by atoms with E-state index in [0.29, 0.717) is 12.1 Å². The lowest BCUT2D eigenvalue weighted by molar-refractivity contribution is 0.0847. The van der Waals surface area contributed by atoms with E-state index in [1.54, 1.807) is 0 Å². The second-order valence-electron chi connectivity index (χ2n) is 5.11. The van der Waals surface area contributed by atoms with Gasteiger partial charge >= 0.3 is 0 Å². The second-order valence-corrected chi connectivity index (χ2v) is 5.11. The first-order valence-corrected chi connectivity index (χ1v) is 6.66. The van der Waals surface area contributed by atoms with Crippen LogP contribution in [0.15, 0.2) is 24.3 Å². The highest BCUT2D eigenvalue weighted by molar-refractivity contribution is 6.04. The van der Waals surface area contributed by atoms with Gasteiger partial charge in [0.2, 0.25) is 0 Å². The van der Waals surface area contributed by atoms with Crippen molar-refractivity contribution < 1.29 is 9.90 Å². The number of aliphatic hydroxyl groups is 1. The molecule has 0 saturated heterocycles. The van der Waals surface area contributed by atoms with Gasteiger partial charge in [-0.2, -0.15) is 5.10 Å². The highest BCUT2D eigenvalue weighted by atomic mass is 16.3. The van der Waals surface area contributed by atoms with E-state index in [2.05, 4.69) is 15.5 Å². The minimum atomic E-state index is -0.296. The predicted molar refractivity (Wildman–Crippen MR) is 71.8 cm³/mol. The second kappa shape index (κ2) is 5.01. The van der Waals surface area contributed by atoms with Gasteiger partial charge in [0.15, 0.2) is 5.69 Å². The summed E-state index contributed by atoms with van der Waals surface area (Å²) in [4.78, 5) is 12.2. The van der Waals surface area contributed by atoms with Crippen molar-refractivity contribution in [1.82, 2.24) is 15.5 Å². The van der Waals surface area contributed by atoms with Crippen LogP contribution in [-0.4, -0.2) is 33.4 Å². The Labute approximate surface area is 111 Å². The number of benzene rings is 1. The number of fused-ring (bicyclic) bond motifs is 1. The molecular formula is C14H17N3O2. The zero-order valence-electron chi connectivity index (χ0n) is 10.6. The minimum Gasteiger partial charge on any atom is -0.393 e. The number of nitrogens with zero attached hydrogens (tertiary/aromatic N) is 1. The maximum absolute atomic E-state index is 12.2. The molecule has 1 fully saturated rings. The summed E-state index contributed by atoms with van der Waals surface area (Å²) >= 11 is 0. The number of aromatic amines is 1. The molecule has 0 bridgehead atoms. The van der Waals surface area contributed by atoms with Crippen molar-refractivity contribution in [2.24, 2.45) is 0 Å². The third-order valence-corrected chi connectivity index (χ3v) is 3.67. The number of rotatable bonds is 2. The maximum atomic E-state index is 12.2. The van der Waals surface area contributed by atoms with E-state index in [9.17, 15) is 9.90 Å². The number of H-pyrrole nitrogens is 1. The predicted octanol–water partition coefficient (Wildman–Crippen LogP) is 1.60. The summed E-state index contributed by atoms with van der Waals surface area (Å²) in [5.74, 6) is -0.170. The van der Waals surface area contributed by atoms with Gasteiger partial charge in [-0.1, -0.05) is 18.2 Å². The largest absolute Gasteiger partial charge is 0.393 e. The van der Waals surface area contributed by atoms with Crippen LogP contribution in [0.2, 0.25) is 0 Å².